The summed E-state index contributed by atoms with van der Waals surface area (Å²) < 4.78 is 0. The second kappa shape index (κ2) is 10.4. The minimum absolute atomic E-state index is 0.0596. The van der Waals surface area contributed by atoms with Gasteiger partial charge in [-0.1, -0.05) is 40.2 Å². The van der Waals surface area contributed by atoms with E-state index in [0.29, 0.717) is 30.0 Å². The molecule has 0 aromatic carbocycles. The van der Waals surface area contributed by atoms with Gasteiger partial charge in [-0.05, 0) is 79.6 Å². The number of fused-ring (bicyclic) bond motifs is 5. The molecule has 176 valence electrons. The predicted octanol–water partition coefficient (Wildman–Crippen LogP) is 5.20. The van der Waals surface area contributed by atoms with Crippen LogP contribution >= 0.6 is 0 Å². The maximum absolute atomic E-state index is 12.3. The number of aliphatic hydroxyl groups is 1. The second-order valence-corrected chi connectivity index (χ2v) is 10.0. The molecule has 0 saturated heterocycles. The molecule has 4 aliphatic rings. The molecule has 2 N–H and O–H groups in total. The third-order valence-corrected chi connectivity index (χ3v) is 8.81. The average molecular weight is 435 g/mol. The van der Waals surface area contributed by atoms with E-state index < -0.39 is 5.97 Å². The molecule has 0 aliphatic heterocycles. The lowest BCUT2D eigenvalue weighted by Crippen LogP contribution is -2.51. The van der Waals surface area contributed by atoms with Gasteiger partial charge in [-0.3, -0.25) is 14.4 Å². The van der Waals surface area contributed by atoms with Gasteiger partial charge in [0.15, 0.2) is 11.6 Å². The van der Waals surface area contributed by atoms with Crippen LogP contribution in [-0.4, -0.2) is 34.4 Å². The zero-order valence-electron chi connectivity index (χ0n) is 20.1. The highest BCUT2D eigenvalue weighted by Gasteiger charge is 2.59. The molecule has 0 heterocycles. The van der Waals surface area contributed by atoms with Crippen LogP contribution in [0.25, 0.3) is 0 Å². The minimum atomic E-state index is -0.745. The summed E-state index contributed by atoms with van der Waals surface area (Å²) in [6, 6.07) is 0. The van der Waals surface area contributed by atoms with E-state index >= 15 is 0 Å². The van der Waals surface area contributed by atoms with Crippen molar-refractivity contribution in [3.8, 4) is 0 Å². The Hall–Kier alpha value is -1.49. The summed E-state index contributed by atoms with van der Waals surface area (Å²) in [5.41, 5.74) is 1.70. The molecular formula is C26H42O5. The maximum Gasteiger partial charge on any atom is 0.303 e. The van der Waals surface area contributed by atoms with E-state index in [1.807, 2.05) is 19.9 Å². The molecule has 5 nitrogen and oxygen atoms in total. The number of rotatable bonds is 3. The van der Waals surface area contributed by atoms with Gasteiger partial charge in [-0.2, -0.15) is 0 Å². The van der Waals surface area contributed by atoms with Crippen LogP contribution in [0.4, 0.5) is 0 Å². The molecule has 6 unspecified atom stereocenters. The fourth-order valence-corrected chi connectivity index (χ4v) is 7.20. The average Bonchev–Trinajstić information content (AvgIpc) is 3.12. The highest BCUT2D eigenvalue weighted by Crippen LogP contribution is 2.66. The van der Waals surface area contributed by atoms with Crippen LogP contribution in [0.1, 0.15) is 92.4 Å². The molecule has 31 heavy (non-hydrogen) atoms. The standard InChI is InChI=1S/C21H30O3.C3H6O2.C2H6/c1-20-9-7-14(23)11-13(20)3-4-15-16-5-6-18(19(24)12-22)21(16,2)10-8-17(15)20;1-2-3(4)5;1-2/h11,15-18,22H,3-10,12H2,1-2H3;2H2,1H3,(H,4,5);1-2H3. The summed E-state index contributed by atoms with van der Waals surface area (Å²) in [5.74, 6) is 1.67. The van der Waals surface area contributed by atoms with E-state index in [2.05, 4.69) is 13.8 Å². The predicted molar refractivity (Wildman–Crippen MR) is 122 cm³/mol. The molecule has 5 heteroatoms. The third kappa shape index (κ3) is 4.81. The molecule has 0 spiro atoms. The van der Waals surface area contributed by atoms with Crippen LogP contribution in [0.5, 0.6) is 0 Å². The van der Waals surface area contributed by atoms with Crippen LogP contribution in [0.3, 0.4) is 0 Å². The SMILES string of the molecule is CC.CC12CCC(=O)C=C1CCC1C2CCC2(C)C(C(=O)CO)CCC12.CCC(=O)O. The summed E-state index contributed by atoms with van der Waals surface area (Å²) in [6.07, 6.45) is 10.5. The normalized spacial score (nSPS) is 38.1. The van der Waals surface area contributed by atoms with Gasteiger partial charge in [0.1, 0.15) is 6.61 Å². The topological polar surface area (TPSA) is 91.7 Å². The van der Waals surface area contributed by atoms with E-state index in [4.69, 9.17) is 5.11 Å². The monoisotopic (exact) mass is 434 g/mol. The Morgan fingerprint density at radius 3 is 2.26 bits per heavy atom. The molecule has 3 fully saturated rings. The van der Waals surface area contributed by atoms with Gasteiger partial charge in [0.05, 0.1) is 0 Å². The van der Waals surface area contributed by atoms with E-state index in [1.165, 1.54) is 18.4 Å². The molecule has 3 saturated carbocycles. The van der Waals surface area contributed by atoms with Crippen LogP contribution in [0.2, 0.25) is 0 Å². The summed E-state index contributed by atoms with van der Waals surface area (Å²) in [4.78, 5) is 33.5. The molecule has 0 radical (unpaired) electrons. The molecule has 0 aromatic heterocycles. The summed E-state index contributed by atoms with van der Waals surface area (Å²) in [5, 5.41) is 17.1. The number of hydrogen-bond acceptors (Lipinski definition) is 4. The Balaban J connectivity index is 0.000000432. The number of carboxylic acids is 1. The molecule has 0 bridgehead atoms. The van der Waals surface area contributed by atoms with Gasteiger partial charge in [0.2, 0.25) is 0 Å². The first-order chi connectivity index (χ1) is 14.7. The van der Waals surface area contributed by atoms with Gasteiger partial charge in [-0.25, -0.2) is 0 Å². The largest absolute Gasteiger partial charge is 0.481 e. The Morgan fingerprint density at radius 2 is 1.68 bits per heavy atom. The smallest absolute Gasteiger partial charge is 0.303 e. The quantitative estimate of drug-likeness (QED) is 0.637. The van der Waals surface area contributed by atoms with E-state index in [1.54, 1.807) is 6.92 Å². The number of Topliss-reactive ketones (excluding diaryl/α,β-unsaturated/α-hetero) is 1. The van der Waals surface area contributed by atoms with Gasteiger partial charge in [-0.15, -0.1) is 0 Å². The van der Waals surface area contributed by atoms with Crippen molar-refractivity contribution in [2.75, 3.05) is 6.61 Å². The van der Waals surface area contributed by atoms with Gasteiger partial charge in [0, 0.05) is 18.8 Å². The molecule has 0 amide bonds. The van der Waals surface area contributed by atoms with Gasteiger partial charge in [0.25, 0.3) is 0 Å². The minimum Gasteiger partial charge on any atom is -0.481 e. The first kappa shape index (κ1) is 25.8. The Bertz CT molecular complexity index is 711. The Kier molecular flexibility index (Phi) is 8.66. The van der Waals surface area contributed by atoms with E-state index in [0.717, 1.165) is 32.1 Å². The van der Waals surface area contributed by atoms with Crippen molar-refractivity contribution in [2.45, 2.75) is 92.4 Å². The lowest BCUT2D eigenvalue weighted by Gasteiger charge is -2.58. The van der Waals surface area contributed by atoms with Gasteiger partial charge >= 0.3 is 5.97 Å². The number of carboxylic acid groups (broad SMARTS) is 1. The summed E-state index contributed by atoms with van der Waals surface area (Å²) in [6.45, 7) is 10.0. The van der Waals surface area contributed by atoms with Crippen molar-refractivity contribution in [3.63, 3.8) is 0 Å². The van der Waals surface area contributed by atoms with Crippen LogP contribution in [0.15, 0.2) is 11.6 Å². The Morgan fingerprint density at radius 1 is 1.03 bits per heavy atom. The highest BCUT2D eigenvalue weighted by atomic mass is 16.4. The van der Waals surface area contributed by atoms with E-state index in [-0.39, 0.29) is 35.6 Å². The number of carbonyl (C=O) groups excluding carboxylic acids is 2. The molecule has 0 aromatic rings. The fraction of sp³-hybridized carbons (Fsp3) is 0.808. The van der Waals surface area contributed by atoms with E-state index in [9.17, 15) is 19.5 Å². The fourth-order valence-electron chi connectivity index (χ4n) is 7.20. The molecule has 6 atom stereocenters. The number of carbonyl (C=O) groups is 3. The molecule has 4 aliphatic carbocycles. The first-order valence-electron chi connectivity index (χ1n) is 12.3. The van der Waals surface area contributed by atoms with Crippen LogP contribution in [-0.2, 0) is 14.4 Å². The third-order valence-electron chi connectivity index (χ3n) is 8.81. The lowest BCUT2D eigenvalue weighted by molar-refractivity contribution is -0.136. The van der Waals surface area contributed by atoms with Crippen LogP contribution in [0, 0.1) is 34.5 Å². The van der Waals surface area contributed by atoms with Gasteiger partial charge < -0.3 is 10.2 Å². The van der Waals surface area contributed by atoms with Crippen molar-refractivity contribution in [2.24, 2.45) is 34.5 Å². The van der Waals surface area contributed by atoms with Crippen molar-refractivity contribution < 1.29 is 24.6 Å². The maximum atomic E-state index is 12.3. The number of aliphatic carboxylic acids is 1. The Labute approximate surface area is 187 Å². The number of allylic oxidation sites excluding steroid dienone is 1. The van der Waals surface area contributed by atoms with Crippen molar-refractivity contribution in [3.05, 3.63) is 11.6 Å². The van der Waals surface area contributed by atoms with Crippen molar-refractivity contribution >= 4 is 17.5 Å². The first-order valence-corrected chi connectivity index (χ1v) is 12.3. The number of ketones is 2. The van der Waals surface area contributed by atoms with Crippen LogP contribution < -0.4 is 0 Å². The summed E-state index contributed by atoms with van der Waals surface area (Å²) >= 11 is 0. The lowest BCUT2D eigenvalue weighted by atomic mass is 9.46. The number of aliphatic hydroxyl groups excluding tert-OH is 1. The second-order valence-electron chi connectivity index (χ2n) is 10.0. The zero-order chi connectivity index (χ0) is 23.4. The molecule has 4 rings (SSSR count). The zero-order valence-corrected chi connectivity index (χ0v) is 20.1. The highest BCUT2D eigenvalue weighted by molar-refractivity contribution is 5.91. The van der Waals surface area contributed by atoms with Crippen molar-refractivity contribution in [1.29, 1.82) is 0 Å². The summed E-state index contributed by atoms with van der Waals surface area (Å²) in [7, 11) is 0. The number of hydrogen-bond donors (Lipinski definition) is 2. The molecular weight excluding hydrogens is 392 g/mol. The van der Waals surface area contributed by atoms with Crippen molar-refractivity contribution in [1.82, 2.24) is 0 Å².